The third kappa shape index (κ3) is 5.00. The summed E-state index contributed by atoms with van der Waals surface area (Å²) in [5.41, 5.74) is 0. The van der Waals surface area contributed by atoms with E-state index in [1.807, 2.05) is 6.92 Å². The zero-order valence-corrected chi connectivity index (χ0v) is 9.66. The smallest absolute Gasteiger partial charge is 0.326 e. The number of carbonyl (C=O) groups is 2. The molecule has 0 aromatic rings. The summed E-state index contributed by atoms with van der Waals surface area (Å²) in [6.07, 6.45) is 4.72. The van der Waals surface area contributed by atoms with E-state index in [0.717, 1.165) is 18.8 Å². The van der Waals surface area contributed by atoms with E-state index in [-0.39, 0.29) is 6.03 Å². The van der Waals surface area contributed by atoms with Crippen LogP contribution in [0.5, 0.6) is 0 Å². The van der Waals surface area contributed by atoms with Crippen LogP contribution in [0.3, 0.4) is 0 Å². The minimum Gasteiger partial charge on any atom is -0.480 e. The van der Waals surface area contributed by atoms with Crippen molar-refractivity contribution in [1.82, 2.24) is 10.6 Å². The summed E-state index contributed by atoms with van der Waals surface area (Å²) in [6, 6.07) is -1.15. The van der Waals surface area contributed by atoms with E-state index < -0.39 is 12.0 Å². The summed E-state index contributed by atoms with van der Waals surface area (Å²) in [5, 5.41) is 14.0. The normalized spacial score (nSPS) is 16.6. The van der Waals surface area contributed by atoms with Crippen molar-refractivity contribution in [1.29, 1.82) is 0 Å². The maximum absolute atomic E-state index is 11.3. The molecule has 5 heteroatoms. The Morgan fingerprint density at radius 3 is 2.62 bits per heavy atom. The van der Waals surface area contributed by atoms with Gasteiger partial charge < -0.3 is 15.7 Å². The van der Waals surface area contributed by atoms with E-state index in [1.54, 1.807) is 0 Å². The molecule has 92 valence electrons. The van der Waals surface area contributed by atoms with Crippen LogP contribution < -0.4 is 10.6 Å². The third-order valence-electron chi connectivity index (χ3n) is 2.72. The Morgan fingerprint density at radius 2 is 2.12 bits per heavy atom. The molecule has 0 spiro atoms. The number of carbonyl (C=O) groups excluding carboxylic acids is 1. The van der Waals surface area contributed by atoms with Crippen LogP contribution in [0.25, 0.3) is 0 Å². The molecule has 5 nitrogen and oxygen atoms in total. The van der Waals surface area contributed by atoms with Gasteiger partial charge in [0.2, 0.25) is 0 Å². The van der Waals surface area contributed by atoms with Gasteiger partial charge in [-0.1, -0.05) is 26.2 Å². The lowest BCUT2D eigenvalue weighted by atomic mass is 10.2. The molecule has 0 saturated heterocycles. The summed E-state index contributed by atoms with van der Waals surface area (Å²) in [7, 11) is 0. The van der Waals surface area contributed by atoms with Crippen molar-refractivity contribution >= 4 is 12.0 Å². The fraction of sp³-hybridized carbons (Fsp3) is 0.818. The van der Waals surface area contributed by atoms with Gasteiger partial charge >= 0.3 is 12.0 Å². The molecule has 1 atom stereocenters. The highest BCUT2D eigenvalue weighted by Gasteiger charge is 2.21. The number of hydrogen-bond donors (Lipinski definition) is 3. The first-order valence-electron chi connectivity index (χ1n) is 5.90. The first-order chi connectivity index (χ1) is 7.63. The molecule has 0 heterocycles. The first kappa shape index (κ1) is 12.8. The largest absolute Gasteiger partial charge is 0.480 e. The van der Waals surface area contributed by atoms with E-state index in [1.165, 1.54) is 12.8 Å². The molecule has 0 aromatic heterocycles. The molecule has 2 amide bonds. The average Bonchev–Trinajstić information content (AvgIpc) is 3.01. The molecule has 1 saturated carbocycles. The van der Waals surface area contributed by atoms with Crippen LogP contribution in [-0.4, -0.2) is 29.7 Å². The fourth-order valence-corrected chi connectivity index (χ4v) is 1.55. The van der Waals surface area contributed by atoms with Crippen LogP contribution >= 0.6 is 0 Å². The van der Waals surface area contributed by atoms with Crippen molar-refractivity contribution in [3.63, 3.8) is 0 Å². The summed E-state index contributed by atoms with van der Waals surface area (Å²) in [4.78, 5) is 22.1. The van der Waals surface area contributed by atoms with Gasteiger partial charge in [-0.3, -0.25) is 0 Å². The maximum Gasteiger partial charge on any atom is 0.326 e. The number of urea groups is 1. The Bertz CT molecular complexity index is 252. The van der Waals surface area contributed by atoms with Crippen molar-refractivity contribution in [2.45, 2.75) is 45.1 Å². The third-order valence-corrected chi connectivity index (χ3v) is 2.72. The van der Waals surface area contributed by atoms with Crippen molar-refractivity contribution in [2.24, 2.45) is 5.92 Å². The minimum absolute atomic E-state index is 0.374. The monoisotopic (exact) mass is 228 g/mol. The molecule has 1 aliphatic carbocycles. The van der Waals surface area contributed by atoms with Crippen LogP contribution in [0.15, 0.2) is 0 Å². The van der Waals surface area contributed by atoms with Crippen molar-refractivity contribution in [3.05, 3.63) is 0 Å². The van der Waals surface area contributed by atoms with E-state index in [4.69, 9.17) is 5.11 Å². The molecular weight excluding hydrogens is 208 g/mol. The van der Waals surface area contributed by atoms with Crippen LogP contribution in [-0.2, 0) is 4.79 Å². The molecule has 0 aromatic carbocycles. The number of carboxylic acids is 1. The molecule has 0 unspecified atom stereocenters. The molecule has 0 radical (unpaired) electrons. The summed E-state index contributed by atoms with van der Waals surface area (Å²) >= 11 is 0. The van der Waals surface area contributed by atoms with E-state index in [2.05, 4.69) is 10.6 Å². The lowest BCUT2D eigenvalue weighted by Crippen LogP contribution is -2.46. The first-order valence-corrected chi connectivity index (χ1v) is 5.90. The second kappa shape index (κ2) is 6.35. The van der Waals surface area contributed by atoms with E-state index in [0.29, 0.717) is 13.0 Å². The number of rotatable bonds is 7. The van der Waals surface area contributed by atoms with Crippen LogP contribution in [0.1, 0.15) is 39.0 Å². The fourth-order valence-electron chi connectivity index (χ4n) is 1.55. The minimum atomic E-state index is -0.973. The molecular formula is C11H20N2O3. The van der Waals surface area contributed by atoms with E-state index in [9.17, 15) is 9.59 Å². The van der Waals surface area contributed by atoms with Crippen LogP contribution in [0.4, 0.5) is 4.79 Å². The van der Waals surface area contributed by atoms with Gasteiger partial charge in [0.05, 0.1) is 0 Å². The Hall–Kier alpha value is -1.26. The SMILES string of the molecule is CCC[C@@H](NC(=O)NCCC1CC1)C(=O)O. The molecule has 0 aliphatic heterocycles. The highest BCUT2D eigenvalue weighted by molar-refractivity contribution is 5.82. The number of amides is 2. The molecule has 1 fully saturated rings. The van der Waals surface area contributed by atoms with Crippen molar-refractivity contribution in [2.75, 3.05) is 6.54 Å². The van der Waals surface area contributed by atoms with Crippen LogP contribution in [0, 0.1) is 5.92 Å². The maximum atomic E-state index is 11.3. The summed E-state index contributed by atoms with van der Waals surface area (Å²) < 4.78 is 0. The van der Waals surface area contributed by atoms with Gasteiger partial charge in [-0.15, -0.1) is 0 Å². The standard InChI is InChI=1S/C11H20N2O3/c1-2-3-9(10(14)15)13-11(16)12-7-6-8-4-5-8/h8-9H,2-7H2,1H3,(H,14,15)(H2,12,13,16)/t9-/m1/s1. The number of aliphatic carboxylic acids is 1. The predicted molar refractivity (Wildman–Crippen MR) is 60.2 cm³/mol. The van der Waals surface area contributed by atoms with E-state index >= 15 is 0 Å². The second-order valence-corrected chi connectivity index (χ2v) is 4.31. The summed E-state index contributed by atoms with van der Waals surface area (Å²) in [5.74, 6) is -0.203. The molecule has 1 rings (SSSR count). The van der Waals surface area contributed by atoms with Crippen LogP contribution in [0.2, 0.25) is 0 Å². The number of carboxylic acid groups (broad SMARTS) is 1. The van der Waals surface area contributed by atoms with Crippen molar-refractivity contribution in [3.8, 4) is 0 Å². The zero-order chi connectivity index (χ0) is 12.0. The van der Waals surface area contributed by atoms with Gasteiger partial charge in [0.15, 0.2) is 0 Å². The topological polar surface area (TPSA) is 78.4 Å². The molecule has 0 bridgehead atoms. The Labute approximate surface area is 95.6 Å². The Kier molecular flexibility index (Phi) is 5.08. The van der Waals surface area contributed by atoms with Gasteiger partial charge in [0.1, 0.15) is 6.04 Å². The van der Waals surface area contributed by atoms with Gasteiger partial charge in [-0.25, -0.2) is 9.59 Å². The zero-order valence-electron chi connectivity index (χ0n) is 9.66. The predicted octanol–water partition coefficient (Wildman–Crippen LogP) is 1.34. The highest BCUT2D eigenvalue weighted by Crippen LogP contribution is 2.31. The lowest BCUT2D eigenvalue weighted by molar-refractivity contribution is -0.139. The lowest BCUT2D eigenvalue weighted by Gasteiger charge is -2.14. The van der Waals surface area contributed by atoms with Crippen molar-refractivity contribution < 1.29 is 14.7 Å². The number of nitrogens with one attached hydrogen (secondary N) is 2. The molecule has 16 heavy (non-hydrogen) atoms. The Morgan fingerprint density at radius 1 is 1.44 bits per heavy atom. The molecule has 3 N–H and O–H groups in total. The van der Waals surface area contributed by atoms with Gasteiger partial charge in [-0.2, -0.15) is 0 Å². The molecule has 1 aliphatic rings. The Balaban J connectivity index is 2.15. The number of hydrogen-bond acceptors (Lipinski definition) is 2. The summed E-state index contributed by atoms with van der Waals surface area (Å²) in [6.45, 7) is 2.53. The average molecular weight is 228 g/mol. The van der Waals surface area contributed by atoms with Gasteiger partial charge in [0, 0.05) is 6.54 Å². The quantitative estimate of drug-likeness (QED) is 0.615. The van der Waals surface area contributed by atoms with Gasteiger partial charge in [0.25, 0.3) is 0 Å². The highest BCUT2D eigenvalue weighted by atomic mass is 16.4. The van der Waals surface area contributed by atoms with Gasteiger partial charge in [-0.05, 0) is 18.8 Å². The second-order valence-electron chi connectivity index (χ2n) is 4.31.